The molecule has 2 aromatic rings. The van der Waals surface area contributed by atoms with E-state index < -0.39 is 10.0 Å². The van der Waals surface area contributed by atoms with Crippen LogP contribution in [0.5, 0.6) is 5.75 Å². The average Bonchev–Trinajstić information content (AvgIpc) is 2.45. The zero-order valence-corrected chi connectivity index (χ0v) is 11.2. The number of nitrogens with one attached hydrogen (secondary N) is 1. The van der Waals surface area contributed by atoms with Crippen molar-refractivity contribution in [2.24, 2.45) is 10.2 Å². The number of nitrogens with zero attached hydrogens (tertiary/aromatic N) is 2. The smallest absolute Gasteiger partial charge is 0.268 e. The molecule has 0 amide bonds. The van der Waals surface area contributed by atoms with Gasteiger partial charge in [-0.25, -0.2) is 8.42 Å². The van der Waals surface area contributed by atoms with E-state index >= 15 is 0 Å². The van der Waals surface area contributed by atoms with Crippen molar-refractivity contribution < 1.29 is 13.2 Å². The molecule has 0 spiro atoms. The summed E-state index contributed by atoms with van der Waals surface area (Å²) in [7, 11) is -3.39. The van der Waals surface area contributed by atoms with Gasteiger partial charge in [-0.05, 0) is 24.3 Å². The van der Waals surface area contributed by atoms with Crippen molar-refractivity contribution in [1.29, 1.82) is 0 Å². The molecule has 0 aromatic heterocycles. The van der Waals surface area contributed by atoms with Gasteiger partial charge >= 0.3 is 0 Å². The Labute approximate surface area is 116 Å². The molecule has 6 nitrogen and oxygen atoms in total. The minimum absolute atomic E-state index is 0.390. The van der Waals surface area contributed by atoms with Gasteiger partial charge in [0.25, 0.3) is 10.0 Å². The number of hydrogen-bond donors (Lipinski definition) is 1. The van der Waals surface area contributed by atoms with Crippen LogP contribution in [0.4, 0.5) is 17.1 Å². The Morgan fingerprint density at radius 1 is 1.00 bits per heavy atom. The molecule has 7 heteroatoms. The maximum absolute atomic E-state index is 11.3. The Bertz CT molecular complexity index is 758. The van der Waals surface area contributed by atoms with E-state index in [4.69, 9.17) is 4.74 Å². The SMILES string of the molecule is O=S1(=O)COc2cc(N=Nc3ccccc3)ccc2N1. The minimum atomic E-state index is -3.39. The van der Waals surface area contributed by atoms with Crippen LogP contribution in [0.3, 0.4) is 0 Å². The number of hydrogen-bond acceptors (Lipinski definition) is 5. The van der Waals surface area contributed by atoms with E-state index in [1.807, 2.05) is 30.3 Å². The Hall–Kier alpha value is -2.41. The Balaban J connectivity index is 1.85. The van der Waals surface area contributed by atoms with Gasteiger partial charge in [0.2, 0.25) is 5.94 Å². The van der Waals surface area contributed by atoms with Gasteiger partial charge in [-0.1, -0.05) is 18.2 Å². The van der Waals surface area contributed by atoms with Crippen molar-refractivity contribution in [3.05, 3.63) is 48.5 Å². The fraction of sp³-hybridized carbons (Fsp3) is 0.0769. The summed E-state index contributed by atoms with van der Waals surface area (Å²) in [5.74, 6) is 0.0589. The quantitative estimate of drug-likeness (QED) is 0.862. The molecule has 0 fully saturated rings. The average molecular weight is 289 g/mol. The van der Waals surface area contributed by atoms with E-state index in [0.717, 1.165) is 5.69 Å². The van der Waals surface area contributed by atoms with Gasteiger partial charge in [0.05, 0.1) is 17.1 Å². The summed E-state index contributed by atoms with van der Waals surface area (Å²) in [4.78, 5) is 0. The first-order valence-electron chi connectivity index (χ1n) is 5.86. The highest BCUT2D eigenvalue weighted by Crippen LogP contribution is 2.33. The number of sulfonamides is 1. The summed E-state index contributed by atoms with van der Waals surface area (Å²) in [5.41, 5.74) is 1.75. The fourth-order valence-electron chi connectivity index (χ4n) is 1.73. The number of rotatable bonds is 2. The lowest BCUT2D eigenvalue weighted by molar-refractivity contribution is 0.374. The van der Waals surface area contributed by atoms with Crippen LogP contribution < -0.4 is 9.46 Å². The van der Waals surface area contributed by atoms with Gasteiger partial charge < -0.3 is 4.74 Å². The molecule has 3 rings (SSSR count). The Kier molecular flexibility index (Phi) is 3.11. The van der Waals surface area contributed by atoms with Crippen LogP contribution in [-0.2, 0) is 10.0 Å². The molecule has 1 aliphatic rings. The van der Waals surface area contributed by atoms with Gasteiger partial charge in [0, 0.05) is 6.07 Å². The van der Waals surface area contributed by atoms with Crippen LogP contribution in [0.1, 0.15) is 0 Å². The van der Waals surface area contributed by atoms with Gasteiger partial charge in [0.15, 0.2) is 0 Å². The van der Waals surface area contributed by atoms with Crippen molar-refractivity contribution in [3.8, 4) is 5.75 Å². The molecule has 0 atom stereocenters. The molecule has 0 bridgehead atoms. The van der Waals surface area contributed by atoms with E-state index in [2.05, 4.69) is 15.0 Å². The number of anilines is 1. The third-order valence-corrected chi connectivity index (χ3v) is 3.60. The highest BCUT2D eigenvalue weighted by Gasteiger charge is 2.21. The molecular formula is C13H11N3O3S. The van der Waals surface area contributed by atoms with Gasteiger partial charge in [-0.2, -0.15) is 10.2 Å². The van der Waals surface area contributed by atoms with Crippen molar-refractivity contribution in [2.75, 3.05) is 10.7 Å². The van der Waals surface area contributed by atoms with E-state index in [0.29, 0.717) is 17.1 Å². The molecule has 0 radical (unpaired) electrons. The zero-order valence-electron chi connectivity index (χ0n) is 10.4. The second-order valence-corrected chi connectivity index (χ2v) is 5.86. The number of ether oxygens (including phenoxy) is 1. The molecule has 0 unspecified atom stereocenters. The maximum atomic E-state index is 11.3. The van der Waals surface area contributed by atoms with Gasteiger partial charge in [-0.15, -0.1) is 0 Å². The number of azo groups is 1. The normalized spacial score (nSPS) is 16.2. The molecule has 0 aliphatic carbocycles. The molecule has 20 heavy (non-hydrogen) atoms. The first-order valence-corrected chi connectivity index (χ1v) is 7.52. The Morgan fingerprint density at radius 3 is 2.55 bits per heavy atom. The number of fused-ring (bicyclic) bond motifs is 1. The van der Waals surface area contributed by atoms with Crippen molar-refractivity contribution in [2.45, 2.75) is 0 Å². The predicted molar refractivity (Wildman–Crippen MR) is 75.1 cm³/mol. The van der Waals surface area contributed by atoms with E-state index in [9.17, 15) is 8.42 Å². The van der Waals surface area contributed by atoms with Gasteiger partial charge in [0.1, 0.15) is 5.75 Å². The van der Waals surface area contributed by atoms with Crippen LogP contribution in [-0.4, -0.2) is 14.4 Å². The summed E-state index contributed by atoms with van der Waals surface area (Å²) in [6.45, 7) is 0. The maximum Gasteiger partial charge on any atom is 0.268 e. The summed E-state index contributed by atoms with van der Waals surface area (Å²) < 4.78 is 30.3. The van der Waals surface area contributed by atoms with Crippen molar-refractivity contribution in [3.63, 3.8) is 0 Å². The Morgan fingerprint density at radius 2 is 1.75 bits per heavy atom. The molecular weight excluding hydrogens is 278 g/mol. The monoisotopic (exact) mass is 289 g/mol. The van der Waals surface area contributed by atoms with Crippen LogP contribution in [0, 0.1) is 0 Å². The third-order valence-electron chi connectivity index (χ3n) is 2.64. The summed E-state index contributed by atoms with van der Waals surface area (Å²) in [5, 5.41) is 8.17. The van der Waals surface area contributed by atoms with Gasteiger partial charge in [-0.3, -0.25) is 4.72 Å². The van der Waals surface area contributed by atoms with Crippen LogP contribution in [0.15, 0.2) is 58.8 Å². The minimum Gasteiger partial charge on any atom is -0.473 e. The van der Waals surface area contributed by atoms with E-state index in [1.54, 1.807) is 18.2 Å². The fourth-order valence-corrected chi connectivity index (χ4v) is 2.57. The van der Waals surface area contributed by atoms with Crippen molar-refractivity contribution in [1.82, 2.24) is 0 Å². The van der Waals surface area contributed by atoms with Crippen LogP contribution in [0.25, 0.3) is 0 Å². The zero-order chi connectivity index (χ0) is 14.0. The largest absolute Gasteiger partial charge is 0.473 e. The predicted octanol–water partition coefficient (Wildman–Crippen LogP) is 3.19. The first kappa shape index (κ1) is 12.6. The molecule has 1 aliphatic heterocycles. The highest BCUT2D eigenvalue weighted by molar-refractivity contribution is 7.92. The summed E-state index contributed by atoms with van der Waals surface area (Å²) >= 11 is 0. The standard InChI is InChI=1S/C13H11N3O3S/c17-20(18)9-19-13-8-11(6-7-12(13)16-20)15-14-10-4-2-1-3-5-10/h1-8,16H,9H2. The molecule has 1 N–H and O–H groups in total. The lowest BCUT2D eigenvalue weighted by atomic mass is 10.2. The first-order chi connectivity index (χ1) is 9.62. The third kappa shape index (κ3) is 2.77. The van der Waals surface area contributed by atoms with Crippen LogP contribution >= 0.6 is 0 Å². The van der Waals surface area contributed by atoms with E-state index in [1.165, 1.54) is 0 Å². The summed E-state index contributed by atoms with van der Waals surface area (Å²) in [6.07, 6.45) is 0. The molecule has 0 saturated heterocycles. The lowest BCUT2D eigenvalue weighted by Gasteiger charge is -2.18. The highest BCUT2D eigenvalue weighted by atomic mass is 32.2. The second-order valence-electron chi connectivity index (χ2n) is 4.20. The summed E-state index contributed by atoms with van der Waals surface area (Å²) in [6, 6.07) is 14.2. The lowest BCUT2D eigenvalue weighted by Crippen LogP contribution is -2.25. The molecule has 0 saturated carbocycles. The number of benzene rings is 2. The topological polar surface area (TPSA) is 80.1 Å². The van der Waals surface area contributed by atoms with E-state index in [-0.39, 0.29) is 5.94 Å². The molecule has 102 valence electrons. The van der Waals surface area contributed by atoms with Crippen LogP contribution in [0.2, 0.25) is 0 Å². The van der Waals surface area contributed by atoms with Crippen molar-refractivity contribution >= 4 is 27.1 Å². The second kappa shape index (κ2) is 4.93. The molecule has 1 heterocycles. The molecule has 2 aromatic carbocycles.